The Morgan fingerprint density at radius 1 is 1.62 bits per heavy atom. The molecule has 74 valence electrons. The van der Waals surface area contributed by atoms with E-state index >= 15 is 0 Å². The second-order valence-electron chi connectivity index (χ2n) is 3.06. The number of amides is 1. The number of carbonyl (C=O) groups excluding carboxylic acids is 1. The van der Waals surface area contributed by atoms with Crippen molar-refractivity contribution < 1.29 is 19.1 Å². The van der Waals surface area contributed by atoms with Gasteiger partial charge in [-0.1, -0.05) is 0 Å². The Morgan fingerprint density at radius 2 is 2.23 bits per heavy atom. The standard InChI is InChI=1S/C5H9N2O4PS/c6-3-4(8)7-2(12(9,10)11)1-13-5(3)7/h2-3,5H,1,6H2,(H2,9,10,11)/t2?,3?,5-/m1/s1. The Balaban J connectivity index is 2.20. The molecule has 0 aromatic carbocycles. The number of β-lactam (4-membered cyclic amide) rings is 1. The Labute approximate surface area is 78.6 Å². The molecule has 13 heavy (non-hydrogen) atoms. The van der Waals surface area contributed by atoms with E-state index in [1.54, 1.807) is 0 Å². The summed E-state index contributed by atoms with van der Waals surface area (Å²) in [5, 5.41) is -0.231. The van der Waals surface area contributed by atoms with E-state index in [9.17, 15) is 9.36 Å². The van der Waals surface area contributed by atoms with Crippen LogP contribution < -0.4 is 5.73 Å². The number of hydrogen-bond acceptors (Lipinski definition) is 4. The van der Waals surface area contributed by atoms with Crippen LogP contribution in [0.5, 0.6) is 0 Å². The number of thioether (sulfide) groups is 1. The van der Waals surface area contributed by atoms with Crippen molar-refractivity contribution in [2.45, 2.75) is 17.2 Å². The van der Waals surface area contributed by atoms with Crippen LogP contribution in [0.1, 0.15) is 0 Å². The van der Waals surface area contributed by atoms with E-state index in [4.69, 9.17) is 15.5 Å². The molecule has 1 amide bonds. The van der Waals surface area contributed by atoms with E-state index in [0.29, 0.717) is 0 Å². The topological polar surface area (TPSA) is 104 Å². The molecule has 0 aliphatic carbocycles. The molecule has 0 bridgehead atoms. The molecule has 2 rings (SSSR count). The molecule has 0 spiro atoms. The van der Waals surface area contributed by atoms with E-state index < -0.39 is 19.4 Å². The average molecular weight is 224 g/mol. The number of carbonyl (C=O) groups is 1. The van der Waals surface area contributed by atoms with Crippen molar-refractivity contribution in [1.29, 1.82) is 0 Å². The Hall–Kier alpha value is -0.0700. The summed E-state index contributed by atoms with van der Waals surface area (Å²) < 4.78 is 10.9. The minimum absolute atomic E-state index is 0.231. The Kier molecular flexibility index (Phi) is 1.98. The van der Waals surface area contributed by atoms with Crippen LogP contribution in [-0.4, -0.2) is 43.5 Å². The maximum absolute atomic E-state index is 11.1. The first-order valence-electron chi connectivity index (χ1n) is 3.67. The number of nitrogens with zero attached hydrogens (tertiary/aromatic N) is 1. The third-order valence-corrected chi connectivity index (χ3v) is 5.07. The minimum Gasteiger partial charge on any atom is -0.323 e. The Bertz CT molecular complexity index is 305. The third kappa shape index (κ3) is 1.23. The zero-order valence-corrected chi connectivity index (χ0v) is 8.24. The van der Waals surface area contributed by atoms with Gasteiger partial charge < -0.3 is 20.4 Å². The average Bonchev–Trinajstić information content (AvgIpc) is 2.42. The molecule has 0 aromatic heterocycles. The van der Waals surface area contributed by atoms with Gasteiger partial charge in [0.05, 0.1) is 0 Å². The molecule has 2 saturated heterocycles. The van der Waals surface area contributed by atoms with Gasteiger partial charge in [-0.2, -0.15) is 0 Å². The van der Waals surface area contributed by atoms with Gasteiger partial charge in [0, 0.05) is 5.75 Å². The van der Waals surface area contributed by atoms with Gasteiger partial charge in [-0.3, -0.25) is 9.36 Å². The van der Waals surface area contributed by atoms with Crippen molar-refractivity contribution in [2.24, 2.45) is 5.73 Å². The van der Waals surface area contributed by atoms with E-state index in [1.165, 1.54) is 16.7 Å². The fourth-order valence-corrected chi connectivity index (χ4v) is 4.51. The zero-order valence-electron chi connectivity index (χ0n) is 6.53. The van der Waals surface area contributed by atoms with Gasteiger partial charge in [0.25, 0.3) is 0 Å². The molecule has 0 aromatic rings. The van der Waals surface area contributed by atoms with Crippen LogP contribution in [0.2, 0.25) is 0 Å². The predicted octanol–water partition coefficient (Wildman–Crippen LogP) is -1.27. The van der Waals surface area contributed by atoms with Crippen molar-refractivity contribution in [2.75, 3.05) is 5.75 Å². The number of fused-ring (bicyclic) bond motifs is 1. The number of rotatable bonds is 1. The molecule has 2 fully saturated rings. The Morgan fingerprint density at radius 3 is 2.77 bits per heavy atom. The van der Waals surface area contributed by atoms with Crippen LogP contribution in [0, 0.1) is 0 Å². The molecule has 0 radical (unpaired) electrons. The molecule has 2 heterocycles. The summed E-state index contributed by atoms with van der Waals surface area (Å²) in [6.45, 7) is 0. The lowest BCUT2D eigenvalue weighted by Gasteiger charge is -2.42. The van der Waals surface area contributed by atoms with Crippen molar-refractivity contribution in [1.82, 2.24) is 4.90 Å². The summed E-state index contributed by atoms with van der Waals surface area (Å²) in [6, 6.07) is -0.582. The van der Waals surface area contributed by atoms with Crippen molar-refractivity contribution in [3.05, 3.63) is 0 Å². The normalized spacial score (nSPS) is 38.8. The monoisotopic (exact) mass is 224 g/mol. The molecule has 4 N–H and O–H groups in total. The maximum Gasteiger partial charge on any atom is 0.348 e. The molecular formula is C5H9N2O4PS. The van der Waals surface area contributed by atoms with Crippen molar-refractivity contribution in [3.63, 3.8) is 0 Å². The molecule has 2 aliphatic heterocycles. The summed E-state index contributed by atoms with van der Waals surface area (Å²) in [4.78, 5) is 30.2. The lowest BCUT2D eigenvalue weighted by atomic mass is 10.1. The first kappa shape index (κ1) is 9.48. The highest BCUT2D eigenvalue weighted by Gasteiger charge is 2.57. The molecule has 8 heteroatoms. The van der Waals surface area contributed by atoms with Crippen LogP contribution in [0.15, 0.2) is 0 Å². The van der Waals surface area contributed by atoms with Gasteiger partial charge in [-0.05, 0) is 0 Å². The molecule has 3 atom stereocenters. The van der Waals surface area contributed by atoms with E-state index in [-0.39, 0.29) is 17.0 Å². The van der Waals surface area contributed by atoms with Crippen LogP contribution in [-0.2, 0) is 9.36 Å². The highest BCUT2D eigenvalue weighted by molar-refractivity contribution is 8.00. The predicted molar refractivity (Wildman–Crippen MR) is 46.9 cm³/mol. The van der Waals surface area contributed by atoms with Gasteiger partial charge in [-0.25, -0.2) is 0 Å². The molecule has 2 aliphatic rings. The SMILES string of the molecule is NC1C(=O)N2C(P(=O)(O)O)CS[C@H]12. The molecule has 0 saturated carbocycles. The van der Waals surface area contributed by atoms with Crippen LogP contribution in [0.3, 0.4) is 0 Å². The highest BCUT2D eigenvalue weighted by Crippen LogP contribution is 2.53. The largest absolute Gasteiger partial charge is 0.348 e. The van der Waals surface area contributed by atoms with Gasteiger partial charge in [0.2, 0.25) is 5.91 Å². The first-order chi connectivity index (χ1) is 5.93. The fourth-order valence-electron chi connectivity index (χ4n) is 1.53. The molecular weight excluding hydrogens is 215 g/mol. The summed E-state index contributed by atoms with van der Waals surface area (Å²) in [6.07, 6.45) is 0. The van der Waals surface area contributed by atoms with Crippen molar-refractivity contribution >= 4 is 25.3 Å². The third-order valence-electron chi connectivity index (χ3n) is 2.25. The summed E-state index contributed by atoms with van der Waals surface area (Å²) in [5.74, 6) is -1.05. The van der Waals surface area contributed by atoms with Crippen molar-refractivity contribution in [3.8, 4) is 0 Å². The molecule has 2 unspecified atom stereocenters. The fraction of sp³-hybridized carbons (Fsp3) is 0.800. The second kappa shape index (κ2) is 2.71. The lowest BCUT2D eigenvalue weighted by molar-refractivity contribution is -0.144. The highest BCUT2D eigenvalue weighted by atomic mass is 32.2. The number of hydrogen-bond donors (Lipinski definition) is 3. The second-order valence-corrected chi connectivity index (χ2v) is 5.99. The van der Waals surface area contributed by atoms with E-state index in [0.717, 1.165) is 0 Å². The smallest absolute Gasteiger partial charge is 0.323 e. The minimum atomic E-state index is -4.19. The first-order valence-corrected chi connectivity index (χ1v) is 6.40. The van der Waals surface area contributed by atoms with E-state index in [2.05, 4.69) is 0 Å². The van der Waals surface area contributed by atoms with Crippen LogP contribution in [0.4, 0.5) is 0 Å². The summed E-state index contributed by atoms with van der Waals surface area (Å²) in [7, 11) is -4.19. The summed E-state index contributed by atoms with van der Waals surface area (Å²) >= 11 is 1.33. The van der Waals surface area contributed by atoms with E-state index in [1.807, 2.05) is 0 Å². The number of nitrogens with two attached hydrogens (primary N) is 1. The maximum atomic E-state index is 11.1. The van der Waals surface area contributed by atoms with Gasteiger partial charge in [0.15, 0.2) is 0 Å². The zero-order chi connectivity index (χ0) is 9.80. The molecule has 6 nitrogen and oxygen atoms in total. The lowest BCUT2D eigenvalue weighted by Crippen LogP contribution is -2.66. The van der Waals surface area contributed by atoms with Crippen LogP contribution in [0.25, 0.3) is 0 Å². The van der Waals surface area contributed by atoms with Crippen LogP contribution >= 0.6 is 19.4 Å². The van der Waals surface area contributed by atoms with Gasteiger partial charge in [0.1, 0.15) is 17.2 Å². The quantitative estimate of drug-likeness (QED) is 0.379. The van der Waals surface area contributed by atoms with Gasteiger partial charge >= 0.3 is 7.60 Å². The summed E-state index contributed by atoms with van der Waals surface area (Å²) in [5.41, 5.74) is 5.45. The van der Waals surface area contributed by atoms with Gasteiger partial charge in [-0.15, -0.1) is 11.8 Å².